The molecule has 0 fully saturated rings. The highest BCUT2D eigenvalue weighted by atomic mass is 19.1. The van der Waals surface area contributed by atoms with Crippen molar-refractivity contribution >= 4 is 28.5 Å². The van der Waals surface area contributed by atoms with Gasteiger partial charge in [-0.05, 0) is 30.7 Å². The van der Waals surface area contributed by atoms with Crippen LogP contribution in [0.4, 0.5) is 30.8 Å². The maximum atomic E-state index is 14.6. The number of benzene rings is 2. The van der Waals surface area contributed by atoms with Crippen molar-refractivity contribution in [3.8, 4) is 11.8 Å². The summed E-state index contributed by atoms with van der Waals surface area (Å²) < 4.78 is 43.6. The second-order valence-corrected chi connectivity index (χ2v) is 7.28. The Hall–Kier alpha value is -4.66. The zero-order valence-electron chi connectivity index (χ0n) is 17.7. The molecule has 0 aliphatic rings. The summed E-state index contributed by atoms with van der Waals surface area (Å²) in [5.74, 6) is -3.11. The third-order valence-corrected chi connectivity index (χ3v) is 5.08. The van der Waals surface area contributed by atoms with E-state index in [4.69, 9.17) is 11.5 Å². The quantitative estimate of drug-likeness (QED) is 0.406. The lowest BCUT2D eigenvalue weighted by Gasteiger charge is -2.23. The lowest BCUT2D eigenvalue weighted by atomic mass is 10.1. The topological polar surface area (TPSA) is 149 Å². The minimum absolute atomic E-state index is 0.00440. The Morgan fingerprint density at radius 3 is 2.47 bits per heavy atom. The van der Waals surface area contributed by atoms with Crippen LogP contribution in [0.25, 0.3) is 16.6 Å². The number of anilines is 3. The molecule has 4 aromatic rings. The van der Waals surface area contributed by atoms with Crippen molar-refractivity contribution in [2.24, 2.45) is 0 Å². The predicted molar refractivity (Wildman–Crippen MR) is 119 cm³/mol. The number of hydrogen-bond donors (Lipinski definition) is 3. The number of nitriles is 1. The van der Waals surface area contributed by atoms with Crippen molar-refractivity contribution in [1.82, 2.24) is 19.5 Å². The van der Waals surface area contributed by atoms with E-state index in [2.05, 4.69) is 20.3 Å². The zero-order chi connectivity index (χ0) is 24.6. The number of rotatable bonds is 5. The number of nitrogens with one attached hydrogen (secondary N) is 1. The Balaban J connectivity index is 2.01. The number of aromatic nitrogens is 4. The van der Waals surface area contributed by atoms with Crippen molar-refractivity contribution in [3.63, 3.8) is 0 Å². The SMILES string of the molecule is CCC(Nc1nc(N)nc(N)c1C#N)c1nc2cccc(F)c2c(=O)n1-c1cc(F)cc(F)c1. The fraction of sp³-hybridized carbons (Fsp3) is 0.136. The van der Waals surface area contributed by atoms with Crippen LogP contribution in [-0.4, -0.2) is 19.5 Å². The highest BCUT2D eigenvalue weighted by molar-refractivity contribution is 5.79. The summed E-state index contributed by atoms with van der Waals surface area (Å²) in [6.45, 7) is 1.73. The number of nitrogens with zero attached hydrogens (tertiary/aromatic N) is 5. The van der Waals surface area contributed by atoms with E-state index in [9.17, 15) is 23.2 Å². The fourth-order valence-electron chi connectivity index (χ4n) is 3.58. The van der Waals surface area contributed by atoms with Gasteiger partial charge in [0.2, 0.25) is 5.95 Å². The first kappa shape index (κ1) is 22.5. The molecule has 9 nitrogen and oxygen atoms in total. The van der Waals surface area contributed by atoms with Crippen LogP contribution in [0.15, 0.2) is 41.2 Å². The van der Waals surface area contributed by atoms with Crippen LogP contribution in [0.5, 0.6) is 0 Å². The van der Waals surface area contributed by atoms with Gasteiger partial charge in [-0.25, -0.2) is 18.2 Å². The summed E-state index contributed by atoms with van der Waals surface area (Å²) in [5.41, 5.74) is 10.3. The van der Waals surface area contributed by atoms with Gasteiger partial charge in [0, 0.05) is 6.07 Å². The molecule has 0 aliphatic carbocycles. The Morgan fingerprint density at radius 2 is 1.82 bits per heavy atom. The second kappa shape index (κ2) is 8.70. The Morgan fingerprint density at radius 1 is 1.12 bits per heavy atom. The second-order valence-electron chi connectivity index (χ2n) is 7.28. The van der Waals surface area contributed by atoms with Gasteiger partial charge in [-0.1, -0.05) is 13.0 Å². The van der Waals surface area contributed by atoms with Crippen LogP contribution in [0, 0.1) is 28.8 Å². The van der Waals surface area contributed by atoms with Gasteiger partial charge < -0.3 is 16.8 Å². The molecule has 1 unspecified atom stereocenters. The minimum Gasteiger partial charge on any atom is -0.382 e. The maximum absolute atomic E-state index is 14.6. The van der Waals surface area contributed by atoms with Gasteiger partial charge in [-0.3, -0.25) is 9.36 Å². The molecule has 0 spiro atoms. The molecule has 172 valence electrons. The molecule has 0 radical (unpaired) electrons. The monoisotopic (exact) mass is 466 g/mol. The molecule has 0 bridgehead atoms. The van der Waals surface area contributed by atoms with Crippen molar-refractivity contribution in [2.75, 3.05) is 16.8 Å². The largest absolute Gasteiger partial charge is 0.382 e. The van der Waals surface area contributed by atoms with Crippen LogP contribution in [-0.2, 0) is 0 Å². The lowest BCUT2D eigenvalue weighted by molar-refractivity contribution is 0.578. The van der Waals surface area contributed by atoms with E-state index in [0.29, 0.717) is 6.07 Å². The minimum atomic E-state index is -0.939. The average molecular weight is 466 g/mol. The third kappa shape index (κ3) is 3.95. The zero-order valence-corrected chi connectivity index (χ0v) is 17.7. The van der Waals surface area contributed by atoms with Gasteiger partial charge in [0.25, 0.3) is 5.56 Å². The Labute approximate surface area is 190 Å². The van der Waals surface area contributed by atoms with Crippen LogP contribution >= 0.6 is 0 Å². The Kier molecular flexibility index (Phi) is 5.77. The standard InChI is InChI=1S/C22H17F3N8O/c1-2-15(29-19-13(9-26)18(27)31-22(28)32-19)20-30-16-5-3-4-14(25)17(16)21(34)33(20)12-7-10(23)6-11(24)8-12/h3-8,15H,2H2,1H3,(H5,27,28,29,31,32). The van der Waals surface area contributed by atoms with Crippen molar-refractivity contribution < 1.29 is 13.2 Å². The molecule has 4 rings (SSSR count). The van der Waals surface area contributed by atoms with Gasteiger partial charge in [0.15, 0.2) is 5.82 Å². The van der Waals surface area contributed by atoms with Gasteiger partial charge in [0.1, 0.15) is 46.1 Å². The van der Waals surface area contributed by atoms with Gasteiger partial charge >= 0.3 is 0 Å². The van der Waals surface area contributed by atoms with E-state index >= 15 is 0 Å². The first-order valence-corrected chi connectivity index (χ1v) is 10.0. The summed E-state index contributed by atoms with van der Waals surface area (Å²) in [5, 5.41) is 12.1. The molecule has 1 atom stereocenters. The van der Waals surface area contributed by atoms with Gasteiger partial charge in [-0.2, -0.15) is 15.2 Å². The van der Waals surface area contributed by atoms with Crippen LogP contribution in [0.1, 0.15) is 30.8 Å². The molecule has 0 saturated carbocycles. The van der Waals surface area contributed by atoms with Crippen molar-refractivity contribution in [1.29, 1.82) is 5.26 Å². The number of nitrogens with two attached hydrogens (primary N) is 2. The summed E-state index contributed by atoms with van der Waals surface area (Å²) >= 11 is 0. The average Bonchev–Trinajstić information content (AvgIpc) is 2.76. The summed E-state index contributed by atoms with van der Waals surface area (Å²) in [7, 11) is 0. The number of hydrogen-bond acceptors (Lipinski definition) is 8. The van der Waals surface area contributed by atoms with E-state index < -0.39 is 29.1 Å². The van der Waals surface area contributed by atoms with Crippen LogP contribution in [0.3, 0.4) is 0 Å². The summed E-state index contributed by atoms with van der Waals surface area (Å²) in [4.78, 5) is 25.6. The maximum Gasteiger partial charge on any atom is 0.269 e. The molecule has 2 heterocycles. The molecular formula is C22H17F3N8O. The van der Waals surface area contributed by atoms with E-state index in [1.807, 2.05) is 6.07 Å². The molecular weight excluding hydrogens is 449 g/mol. The fourth-order valence-corrected chi connectivity index (χ4v) is 3.58. The summed E-state index contributed by atoms with van der Waals surface area (Å²) in [6.07, 6.45) is 0.264. The van der Waals surface area contributed by atoms with Gasteiger partial charge in [-0.15, -0.1) is 0 Å². The van der Waals surface area contributed by atoms with Gasteiger partial charge in [0.05, 0.1) is 17.2 Å². The third-order valence-electron chi connectivity index (χ3n) is 5.08. The van der Waals surface area contributed by atoms with E-state index in [-0.39, 0.29) is 52.0 Å². The van der Waals surface area contributed by atoms with E-state index in [0.717, 1.165) is 22.8 Å². The smallest absolute Gasteiger partial charge is 0.269 e. The number of nitrogen functional groups attached to an aromatic ring is 2. The molecule has 12 heteroatoms. The first-order chi connectivity index (χ1) is 16.2. The lowest BCUT2D eigenvalue weighted by Crippen LogP contribution is -2.29. The molecule has 5 N–H and O–H groups in total. The normalized spacial score (nSPS) is 11.9. The first-order valence-electron chi connectivity index (χ1n) is 10.0. The number of fused-ring (bicyclic) bond motifs is 1. The van der Waals surface area contributed by atoms with Crippen molar-refractivity contribution in [2.45, 2.75) is 19.4 Å². The molecule has 2 aromatic carbocycles. The molecule has 0 amide bonds. The number of halogens is 3. The molecule has 0 aliphatic heterocycles. The molecule has 34 heavy (non-hydrogen) atoms. The highest BCUT2D eigenvalue weighted by Gasteiger charge is 2.24. The van der Waals surface area contributed by atoms with Crippen molar-refractivity contribution in [3.05, 3.63) is 75.6 Å². The van der Waals surface area contributed by atoms with E-state index in [1.54, 1.807) is 6.92 Å². The summed E-state index contributed by atoms with van der Waals surface area (Å²) in [6, 6.07) is 7.44. The van der Waals surface area contributed by atoms with Crippen LogP contribution < -0.4 is 22.3 Å². The molecule has 0 saturated heterocycles. The van der Waals surface area contributed by atoms with E-state index in [1.165, 1.54) is 12.1 Å². The predicted octanol–water partition coefficient (Wildman–Crippen LogP) is 3.19. The Bertz CT molecular complexity index is 1510. The van der Waals surface area contributed by atoms with Crippen LogP contribution in [0.2, 0.25) is 0 Å². The molecule has 2 aromatic heterocycles. The highest BCUT2D eigenvalue weighted by Crippen LogP contribution is 2.28.